The van der Waals surface area contributed by atoms with Gasteiger partial charge in [0.25, 0.3) is 0 Å². The number of hydrogen-bond donors (Lipinski definition) is 1. The van der Waals surface area contributed by atoms with Gasteiger partial charge in [0.2, 0.25) is 5.91 Å². The number of nitrogens with one attached hydrogen (secondary N) is 1. The first kappa shape index (κ1) is 14.4. The van der Waals surface area contributed by atoms with E-state index in [-0.39, 0.29) is 5.91 Å². The number of rotatable bonds is 6. The molecule has 2 rings (SSSR count). The summed E-state index contributed by atoms with van der Waals surface area (Å²) < 4.78 is 0. The Hall–Kier alpha value is -0.960. The Morgan fingerprint density at radius 1 is 1.16 bits per heavy atom. The van der Waals surface area contributed by atoms with Gasteiger partial charge in [-0.2, -0.15) is 0 Å². The lowest BCUT2D eigenvalue weighted by Gasteiger charge is -2.21. The van der Waals surface area contributed by atoms with E-state index in [0.29, 0.717) is 5.75 Å². The predicted octanol–water partition coefficient (Wildman–Crippen LogP) is 3.62. The highest BCUT2D eigenvalue weighted by Crippen LogP contribution is 2.22. The molecular formula is C16H23NOS. The van der Waals surface area contributed by atoms with Crippen molar-refractivity contribution in [2.45, 2.75) is 37.9 Å². The molecule has 0 radical (unpaired) electrons. The molecule has 1 saturated carbocycles. The van der Waals surface area contributed by atoms with E-state index in [1.165, 1.54) is 37.7 Å². The molecule has 1 N–H and O–H groups in total. The fourth-order valence-electron chi connectivity index (χ4n) is 2.54. The fraction of sp³-hybridized carbons (Fsp3) is 0.562. The van der Waals surface area contributed by atoms with E-state index in [2.05, 4.69) is 17.4 Å². The second kappa shape index (κ2) is 8.26. The molecule has 0 aliphatic heterocycles. The molecule has 104 valence electrons. The third-order valence-electron chi connectivity index (χ3n) is 3.66. The molecular weight excluding hydrogens is 254 g/mol. The lowest BCUT2D eigenvalue weighted by molar-refractivity contribution is -0.118. The molecule has 0 unspecified atom stereocenters. The Labute approximate surface area is 120 Å². The number of hydrogen-bond acceptors (Lipinski definition) is 2. The van der Waals surface area contributed by atoms with Crippen LogP contribution in [0.25, 0.3) is 0 Å². The zero-order valence-corrected chi connectivity index (χ0v) is 12.3. The van der Waals surface area contributed by atoms with Crippen LogP contribution in [0.3, 0.4) is 0 Å². The summed E-state index contributed by atoms with van der Waals surface area (Å²) in [6.45, 7) is 0.880. The first-order valence-corrected chi connectivity index (χ1v) is 8.38. The van der Waals surface area contributed by atoms with Crippen LogP contribution in [0.1, 0.15) is 37.7 Å². The van der Waals surface area contributed by atoms with Crippen LogP contribution in [0.4, 0.5) is 0 Å². The third kappa shape index (κ3) is 5.68. The van der Waals surface area contributed by atoms with E-state index in [4.69, 9.17) is 0 Å². The van der Waals surface area contributed by atoms with Gasteiger partial charge in [0, 0.05) is 12.3 Å². The topological polar surface area (TPSA) is 29.1 Å². The van der Waals surface area contributed by atoms with Gasteiger partial charge in [-0.3, -0.25) is 4.79 Å². The molecule has 1 aromatic rings. The Bertz CT molecular complexity index is 374. The molecule has 0 spiro atoms. The molecule has 2 nitrogen and oxygen atoms in total. The largest absolute Gasteiger partial charge is 0.355 e. The quantitative estimate of drug-likeness (QED) is 0.860. The van der Waals surface area contributed by atoms with Gasteiger partial charge in [-0.15, -0.1) is 11.8 Å². The summed E-state index contributed by atoms with van der Waals surface area (Å²) in [4.78, 5) is 11.7. The number of thioether (sulfide) groups is 1. The maximum atomic E-state index is 11.7. The van der Waals surface area contributed by atoms with Crippen LogP contribution in [-0.4, -0.2) is 18.2 Å². The monoisotopic (exact) mass is 277 g/mol. The molecule has 1 aliphatic carbocycles. The second-order valence-corrected chi connectivity index (χ2v) is 6.27. The number of carbonyl (C=O) groups excluding carboxylic acids is 1. The van der Waals surface area contributed by atoms with E-state index in [1.54, 1.807) is 11.8 Å². The molecule has 1 aromatic carbocycles. The Morgan fingerprint density at radius 3 is 2.63 bits per heavy atom. The molecule has 1 fully saturated rings. The third-order valence-corrected chi connectivity index (χ3v) is 4.66. The molecule has 1 aliphatic rings. The fourth-order valence-corrected chi connectivity index (χ4v) is 3.35. The highest BCUT2D eigenvalue weighted by Gasteiger charge is 2.13. The normalized spacial score (nSPS) is 16.2. The number of amides is 1. The van der Waals surface area contributed by atoms with Crippen LogP contribution in [0.5, 0.6) is 0 Å². The van der Waals surface area contributed by atoms with Crippen LogP contribution < -0.4 is 5.32 Å². The number of benzene rings is 1. The van der Waals surface area contributed by atoms with Gasteiger partial charge in [0.05, 0.1) is 5.75 Å². The number of carbonyl (C=O) groups is 1. The highest BCUT2D eigenvalue weighted by molar-refractivity contribution is 7.99. The average Bonchev–Trinajstić information content (AvgIpc) is 2.47. The van der Waals surface area contributed by atoms with Crippen LogP contribution in [0.15, 0.2) is 30.3 Å². The smallest absolute Gasteiger partial charge is 0.230 e. The average molecular weight is 277 g/mol. The summed E-state index contributed by atoms with van der Waals surface area (Å²) in [5.41, 5.74) is 1.28. The van der Waals surface area contributed by atoms with Crippen LogP contribution in [0, 0.1) is 5.92 Å². The molecule has 0 heterocycles. The Balaban J connectivity index is 1.57. The van der Waals surface area contributed by atoms with Crippen molar-refractivity contribution in [2.75, 3.05) is 12.3 Å². The zero-order valence-electron chi connectivity index (χ0n) is 11.4. The van der Waals surface area contributed by atoms with Crippen molar-refractivity contribution in [1.82, 2.24) is 5.32 Å². The molecule has 0 aromatic heterocycles. The van der Waals surface area contributed by atoms with Gasteiger partial charge >= 0.3 is 0 Å². The highest BCUT2D eigenvalue weighted by atomic mass is 32.2. The van der Waals surface area contributed by atoms with Crippen molar-refractivity contribution < 1.29 is 4.79 Å². The van der Waals surface area contributed by atoms with Gasteiger partial charge < -0.3 is 5.32 Å². The van der Waals surface area contributed by atoms with Crippen LogP contribution in [0.2, 0.25) is 0 Å². The molecule has 0 bridgehead atoms. The second-order valence-electron chi connectivity index (χ2n) is 5.29. The van der Waals surface area contributed by atoms with Crippen LogP contribution in [-0.2, 0) is 10.5 Å². The minimum absolute atomic E-state index is 0.187. The molecule has 0 atom stereocenters. The van der Waals surface area contributed by atoms with Crippen molar-refractivity contribution in [2.24, 2.45) is 5.92 Å². The van der Waals surface area contributed by atoms with E-state index in [9.17, 15) is 4.79 Å². The lowest BCUT2D eigenvalue weighted by atomic mass is 9.89. The first-order chi connectivity index (χ1) is 9.34. The minimum atomic E-state index is 0.187. The Kier molecular flexibility index (Phi) is 6.28. The lowest BCUT2D eigenvalue weighted by Crippen LogP contribution is -2.31. The van der Waals surface area contributed by atoms with E-state index < -0.39 is 0 Å². The minimum Gasteiger partial charge on any atom is -0.355 e. The van der Waals surface area contributed by atoms with Gasteiger partial charge in [-0.25, -0.2) is 0 Å². The molecule has 19 heavy (non-hydrogen) atoms. The van der Waals surface area contributed by atoms with Crippen molar-refractivity contribution in [3.05, 3.63) is 35.9 Å². The summed E-state index contributed by atoms with van der Waals surface area (Å²) in [6.07, 6.45) is 6.62. The predicted molar refractivity (Wildman–Crippen MR) is 82.2 cm³/mol. The van der Waals surface area contributed by atoms with Crippen molar-refractivity contribution in [3.8, 4) is 0 Å². The summed E-state index contributed by atoms with van der Waals surface area (Å²) in [5.74, 6) is 2.39. The van der Waals surface area contributed by atoms with Gasteiger partial charge in [0.15, 0.2) is 0 Å². The summed E-state index contributed by atoms with van der Waals surface area (Å²) in [7, 11) is 0. The van der Waals surface area contributed by atoms with Gasteiger partial charge in [-0.05, 0) is 24.3 Å². The van der Waals surface area contributed by atoms with E-state index in [0.717, 1.165) is 18.2 Å². The SMILES string of the molecule is O=C(CSCc1ccccc1)NCC1CCCCC1. The van der Waals surface area contributed by atoms with Crippen molar-refractivity contribution in [3.63, 3.8) is 0 Å². The maximum absolute atomic E-state index is 11.7. The maximum Gasteiger partial charge on any atom is 0.230 e. The molecule has 1 amide bonds. The van der Waals surface area contributed by atoms with E-state index >= 15 is 0 Å². The van der Waals surface area contributed by atoms with Crippen molar-refractivity contribution in [1.29, 1.82) is 0 Å². The summed E-state index contributed by atoms with van der Waals surface area (Å²) in [6, 6.07) is 10.3. The van der Waals surface area contributed by atoms with E-state index in [1.807, 2.05) is 18.2 Å². The van der Waals surface area contributed by atoms with Gasteiger partial charge in [0.1, 0.15) is 0 Å². The van der Waals surface area contributed by atoms with Crippen LogP contribution >= 0.6 is 11.8 Å². The summed E-state index contributed by atoms with van der Waals surface area (Å²) in [5, 5.41) is 3.08. The standard InChI is InChI=1S/C16H23NOS/c18-16(17-11-14-7-3-1-4-8-14)13-19-12-15-9-5-2-6-10-15/h2,5-6,9-10,14H,1,3-4,7-8,11-13H2,(H,17,18). The van der Waals surface area contributed by atoms with Crippen molar-refractivity contribution >= 4 is 17.7 Å². The molecule has 0 saturated heterocycles. The molecule has 3 heteroatoms. The zero-order chi connectivity index (χ0) is 13.3. The Morgan fingerprint density at radius 2 is 1.89 bits per heavy atom. The summed E-state index contributed by atoms with van der Waals surface area (Å²) >= 11 is 1.69. The first-order valence-electron chi connectivity index (χ1n) is 7.23. The van der Waals surface area contributed by atoms with Gasteiger partial charge in [-0.1, -0.05) is 49.6 Å².